The average molecular weight is 804 g/mol. The van der Waals surface area contributed by atoms with E-state index >= 15 is 0 Å². The summed E-state index contributed by atoms with van der Waals surface area (Å²) in [7, 11) is 3.69. The van der Waals surface area contributed by atoms with E-state index in [0.717, 1.165) is 5.56 Å². The third kappa shape index (κ3) is 10.3. The second-order valence-corrected chi connectivity index (χ2v) is 13.7. The van der Waals surface area contributed by atoms with E-state index in [2.05, 4.69) is 59.9 Å². The lowest BCUT2D eigenvalue weighted by molar-refractivity contribution is -0.141. The SMILES string of the molecule is COC(=O)CN(CC(=O)O)c1ccc(NC(=O)CCCc2ccc3ccc4cccc5ccc2c3c45)cc1OCCOc1ccccc1N(CC(=O)OC)CC(=O)OC. The van der Waals surface area contributed by atoms with E-state index in [1.165, 1.54) is 63.4 Å². The summed E-state index contributed by atoms with van der Waals surface area (Å²) in [5.74, 6) is -2.71. The highest BCUT2D eigenvalue weighted by Gasteiger charge is 2.22. The second kappa shape index (κ2) is 19.4. The molecule has 14 heteroatoms. The topological polar surface area (TPSA) is 170 Å². The fraction of sp³-hybridized carbons (Fsp3) is 0.267. The number of carboxylic acid groups (broad SMARTS) is 1. The number of aliphatic carboxylic acids is 1. The summed E-state index contributed by atoms with van der Waals surface area (Å²) in [4.78, 5) is 64.5. The van der Waals surface area contributed by atoms with Gasteiger partial charge in [0.15, 0.2) is 0 Å². The van der Waals surface area contributed by atoms with Crippen molar-refractivity contribution in [1.82, 2.24) is 0 Å². The first-order valence-electron chi connectivity index (χ1n) is 18.9. The van der Waals surface area contributed by atoms with Crippen molar-refractivity contribution in [2.75, 3.05) is 75.8 Å². The molecule has 0 fully saturated rings. The number of carboxylic acids is 1. The Hall–Kier alpha value is -7.09. The molecule has 0 saturated heterocycles. The molecule has 0 aliphatic heterocycles. The van der Waals surface area contributed by atoms with E-state index in [1.807, 2.05) is 0 Å². The van der Waals surface area contributed by atoms with Crippen molar-refractivity contribution in [2.24, 2.45) is 0 Å². The quantitative estimate of drug-likeness (QED) is 0.0387. The number of benzene rings is 6. The number of aryl methyl sites for hydroxylation is 1. The molecular weight excluding hydrogens is 759 g/mol. The van der Waals surface area contributed by atoms with Crippen LogP contribution < -0.4 is 24.6 Å². The zero-order valence-electron chi connectivity index (χ0n) is 33.0. The Morgan fingerprint density at radius 3 is 1.80 bits per heavy atom. The first-order valence-corrected chi connectivity index (χ1v) is 18.9. The van der Waals surface area contributed by atoms with Crippen LogP contribution in [0.1, 0.15) is 18.4 Å². The minimum absolute atomic E-state index is 0.0314. The molecule has 6 rings (SSSR count). The van der Waals surface area contributed by atoms with Gasteiger partial charge in [0, 0.05) is 18.2 Å². The fourth-order valence-corrected chi connectivity index (χ4v) is 7.07. The normalized spacial score (nSPS) is 11.0. The summed E-state index contributed by atoms with van der Waals surface area (Å²) < 4.78 is 26.6. The highest BCUT2D eigenvalue weighted by molar-refractivity contribution is 6.23. The summed E-state index contributed by atoms with van der Waals surface area (Å²) in [5.41, 5.74) is 2.26. The van der Waals surface area contributed by atoms with Gasteiger partial charge in [-0.15, -0.1) is 0 Å². The largest absolute Gasteiger partial charge is 0.488 e. The van der Waals surface area contributed by atoms with E-state index in [9.17, 15) is 29.1 Å². The number of anilines is 3. The molecule has 14 nitrogen and oxygen atoms in total. The number of methoxy groups -OCH3 is 3. The first kappa shape index (κ1) is 41.5. The van der Waals surface area contributed by atoms with Gasteiger partial charge in [-0.1, -0.05) is 66.7 Å². The van der Waals surface area contributed by atoms with Crippen molar-refractivity contribution >= 4 is 79.2 Å². The monoisotopic (exact) mass is 803 g/mol. The molecule has 0 atom stereocenters. The second-order valence-electron chi connectivity index (χ2n) is 13.7. The highest BCUT2D eigenvalue weighted by Crippen LogP contribution is 2.37. The van der Waals surface area contributed by atoms with Crippen LogP contribution in [0.4, 0.5) is 17.1 Å². The summed E-state index contributed by atoms with van der Waals surface area (Å²) in [6.07, 6.45) is 1.53. The van der Waals surface area contributed by atoms with Crippen molar-refractivity contribution < 1.29 is 52.8 Å². The van der Waals surface area contributed by atoms with Gasteiger partial charge in [-0.05, 0) is 75.0 Å². The number of amides is 1. The lowest BCUT2D eigenvalue weighted by Crippen LogP contribution is -2.36. The Balaban J connectivity index is 1.15. The van der Waals surface area contributed by atoms with E-state index in [4.69, 9.17) is 23.7 Å². The van der Waals surface area contributed by atoms with Crippen LogP contribution in [0.5, 0.6) is 11.5 Å². The van der Waals surface area contributed by atoms with Crippen molar-refractivity contribution in [1.29, 1.82) is 0 Å². The van der Waals surface area contributed by atoms with E-state index < -0.39 is 30.4 Å². The van der Waals surface area contributed by atoms with Crippen LogP contribution in [-0.4, -0.2) is 95.6 Å². The summed E-state index contributed by atoms with van der Waals surface area (Å²) >= 11 is 0. The molecule has 0 bridgehead atoms. The molecule has 0 aromatic heterocycles. The van der Waals surface area contributed by atoms with Crippen LogP contribution in [0.3, 0.4) is 0 Å². The molecule has 0 aliphatic rings. The number of carbonyl (C=O) groups excluding carboxylic acids is 4. The van der Waals surface area contributed by atoms with Crippen LogP contribution >= 0.6 is 0 Å². The summed E-state index contributed by atoms with van der Waals surface area (Å²) in [5, 5.41) is 19.8. The average Bonchev–Trinajstić information content (AvgIpc) is 3.24. The Bertz CT molecular complexity index is 2430. The Morgan fingerprint density at radius 2 is 1.15 bits per heavy atom. The molecule has 59 heavy (non-hydrogen) atoms. The van der Waals surface area contributed by atoms with Crippen molar-refractivity contribution in [2.45, 2.75) is 19.3 Å². The molecule has 0 heterocycles. The number of nitrogens with zero attached hydrogens (tertiary/aromatic N) is 2. The molecule has 1 amide bonds. The molecule has 306 valence electrons. The van der Waals surface area contributed by atoms with Crippen molar-refractivity contribution in [3.63, 3.8) is 0 Å². The van der Waals surface area contributed by atoms with Crippen molar-refractivity contribution in [3.05, 3.63) is 103 Å². The lowest BCUT2D eigenvalue weighted by Gasteiger charge is -2.25. The van der Waals surface area contributed by atoms with Gasteiger partial charge in [-0.2, -0.15) is 0 Å². The molecule has 2 N–H and O–H groups in total. The molecule has 6 aromatic rings. The van der Waals surface area contributed by atoms with Crippen molar-refractivity contribution in [3.8, 4) is 11.5 Å². The maximum atomic E-state index is 13.3. The number of hydrogen-bond donors (Lipinski definition) is 2. The van der Waals surface area contributed by atoms with E-state index in [0.29, 0.717) is 30.0 Å². The first-order chi connectivity index (χ1) is 28.6. The molecule has 6 aromatic carbocycles. The third-order valence-electron chi connectivity index (χ3n) is 9.83. The third-order valence-corrected chi connectivity index (χ3v) is 9.83. The Labute approximate surface area is 340 Å². The van der Waals surface area contributed by atoms with Gasteiger partial charge < -0.3 is 43.9 Å². The van der Waals surface area contributed by atoms with E-state index in [-0.39, 0.29) is 56.6 Å². The highest BCUT2D eigenvalue weighted by atomic mass is 16.5. The molecule has 0 unspecified atom stereocenters. The number of ether oxygens (including phenoxy) is 5. The predicted octanol–water partition coefficient (Wildman–Crippen LogP) is 6.22. The maximum absolute atomic E-state index is 13.3. The number of nitrogens with one attached hydrogen (secondary N) is 1. The van der Waals surface area contributed by atoms with Gasteiger partial charge in [-0.25, -0.2) is 0 Å². The maximum Gasteiger partial charge on any atom is 0.325 e. The smallest absolute Gasteiger partial charge is 0.325 e. The fourth-order valence-electron chi connectivity index (χ4n) is 7.07. The van der Waals surface area contributed by atoms with Crippen LogP contribution in [-0.2, 0) is 44.6 Å². The van der Waals surface area contributed by atoms with Crippen LogP contribution in [0.2, 0.25) is 0 Å². The van der Waals surface area contributed by atoms with Crippen LogP contribution in [0, 0.1) is 0 Å². The minimum atomic E-state index is -1.19. The van der Waals surface area contributed by atoms with Gasteiger partial charge >= 0.3 is 23.9 Å². The molecule has 0 radical (unpaired) electrons. The number of esters is 3. The van der Waals surface area contributed by atoms with Gasteiger partial charge in [0.05, 0.1) is 32.7 Å². The number of carbonyl (C=O) groups is 5. The van der Waals surface area contributed by atoms with E-state index in [1.54, 1.807) is 42.5 Å². The number of rotatable bonds is 20. The Kier molecular flexibility index (Phi) is 13.6. The van der Waals surface area contributed by atoms with Gasteiger partial charge in [-0.3, -0.25) is 24.0 Å². The van der Waals surface area contributed by atoms with Gasteiger partial charge in [0.25, 0.3) is 0 Å². The molecule has 0 saturated carbocycles. The van der Waals surface area contributed by atoms with Crippen LogP contribution in [0.25, 0.3) is 32.3 Å². The standard InChI is InChI=1S/C45H45N3O11/c1-55-41(52)26-47(25-40(50)51)36-21-19-33(24-38(36)59-23-22-58-37-12-5-4-11-35(37)48(27-42(53)56-2)28-43(54)57-3)46-39(49)13-7-8-29-14-15-32-17-16-30-9-6-10-31-18-20-34(29)45(32)44(30)31/h4-6,9-12,14-21,24H,7-8,13,22-23,25-28H2,1-3H3,(H,46,49)(H,50,51). The zero-order valence-corrected chi connectivity index (χ0v) is 33.0. The number of para-hydroxylation sites is 2. The van der Waals surface area contributed by atoms with Gasteiger partial charge in [0.2, 0.25) is 5.91 Å². The minimum Gasteiger partial charge on any atom is -0.488 e. The van der Waals surface area contributed by atoms with Gasteiger partial charge in [0.1, 0.15) is 50.9 Å². The van der Waals surface area contributed by atoms with Crippen LogP contribution in [0.15, 0.2) is 97.1 Å². The molecular formula is C45H45N3O11. The Morgan fingerprint density at radius 1 is 0.593 bits per heavy atom. The predicted molar refractivity (Wildman–Crippen MR) is 224 cm³/mol. The zero-order chi connectivity index (χ0) is 41.9. The summed E-state index contributed by atoms with van der Waals surface area (Å²) in [6, 6.07) is 30.7. The molecule has 0 spiro atoms. The lowest BCUT2D eigenvalue weighted by atomic mass is 9.90. The number of hydrogen-bond acceptors (Lipinski definition) is 12. The summed E-state index contributed by atoms with van der Waals surface area (Å²) in [6.45, 7) is -1.51. The molecule has 0 aliphatic carbocycles.